The molecule has 0 N–H and O–H groups in total. The molecule has 2 heterocycles. The van der Waals surface area contributed by atoms with Crippen LogP contribution >= 0.6 is 0 Å². The van der Waals surface area contributed by atoms with E-state index in [1.807, 2.05) is 0 Å². The minimum atomic E-state index is -1.65. The summed E-state index contributed by atoms with van der Waals surface area (Å²) in [5.41, 5.74) is -1.65. The average molecular weight is 338 g/mol. The topological polar surface area (TPSA) is 130 Å². The molecule has 2 aromatic heterocycles. The van der Waals surface area contributed by atoms with Crippen molar-refractivity contribution in [2.75, 3.05) is 14.2 Å². The Balaban J connectivity index is 2.32. The Bertz CT molecular complexity index is 706. The van der Waals surface area contributed by atoms with Crippen molar-refractivity contribution in [3.8, 4) is 0 Å². The molecule has 0 radical (unpaired) electrons. The SMILES string of the molecule is COC(=O)C(CCc1nnc(C)o1)(Cc1nnc(C)o1)C(=O)OC. The van der Waals surface area contributed by atoms with E-state index in [0.29, 0.717) is 17.7 Å². The third-order valence-corrected chi connectivity index (χ3v) is 3.51. The molecule has 0 aliphatic carbocycles. The summed E-state index contributed by atoms with van der Waals surface area (Å²) in [5, 5.41) is 15.1. The van der Waals surface area contributed by atoms with E-state index < -0.39 is 17.4 Å². The largest absolute Gasteiger partial charge is 0.468 e. The van der Waals surface area contributed by atoms with E-state index in [4.69, 9.17) is 18.3 Å². The number of aromatic nitrogens is 4. The van der Waals surface area contributed by atoms with Crippen molar-refractivity contribution in [3.05, 3.63) is 23.6 Å². The van der Waals surface area contributed by atoms with Crippen LogP contribution in [0.1, 0.15) is 30.0 Å². The maximum atomic E-state index is 12.4. The summed E-state index contributed by atoms with van der Waals surface area (Å²) in [6.07, 6.45) is 0.0495. The van der Waals surface area contributed by atoms with Crippen LogP contribution in [0.4, 0.5) is 0 Å². The summed E-state index contributed by atoms with van der Waals surface area (Å²) in [4.78, 5) is 24.8. The summed E-state index contributed by atoms with van der Waals surface area (Å²) in [6.45, 7) is 3.25. The van der Waals surface area contributed by atoms with Gasteiger partial charge in [-0.25, -0.2) is 0 Å². The molecule has 0 fully saturated rings. The van der Waals surface area contributed by atoms with Crippen molar-refractivity contribution in [2.24, 2.45) is 5.41 Å². The quantitative estimate of drug-likeness (QED) is 0.521. The summed E-state index contributed by atoms with van der Waals surface area (Å²) in [7, 11) is 2.38. The van der Waals surface area contributed by atoms with Gasteiger partial charge in [0.1, 0.15) is 0 Å². The number of aryl methyl sites for hydroxylation is 3. The molecule has 0 unspecified atom stereocenters. The Morgan fingerprint density at radius 3 is 1.83 bits per heavy atom. The fraction of sp³-hybridized carbons (Fsp3) is 0.571. The minimum absolute atomic E-state index is 0.0232. The van der Waals surface area contributed by atoms with E-state index >= 15 is 0 Å². The van der Waals surface area contributed by atoms with Crippen molar-refractivity contribution in [1.29, 1.82) is 0 Å². The Morgan fingerprint density at radius 1 is 0.917 bits per heavy atom. The third-order valence-electron chi connectivity index (χ3n) is 3.51. The average Bonchev–Trinajstić information content (AvgIpc) is 3.17. The lowest BCUT2D eigenvalue weighted by atomic mass is 9.79. The molecule has 0 bridgehead atoms. The Kier molecular flexibility index (Phi) is 5.27. The van der Waals surface area contributed by atoms with Crippen LogP contribution in [0, 0.1) is 19.3 Å². The van der Waals surface area contributed by atoms with Crippen LogP contribution in [0.5, 0.6) is 0 Å². The number of carbonyl (C=O) groups excluding carboxylic acids is 2. The van der Waals surface area contributed by atoms with Gasteiger partial charge in [-0.2, -0.15) is 0 Å². The summed E-state index contributed by atoms with van der Waals surface area (Å²) >= 11 is 0. The van der Waals surface area contributed by atoms with Gasteiger partial charge in [0.05, 0.1) is 20.6 Å². The van der Waals surface area contributed by atoms with E-state index in [0.717, 1.165) is 0 Å². The van der Waals surface area contributed by atoms with Crippen LogP contribution in [0.25, 0.3) is 0 Å². The highest BCUT2D eigenvalue weighted by atomic mass is 16.5. The van der Waals surface area contributed by atoms with Crippen molar-refractivity contribution >= 4 is 11.9 Å². The van der Waals surface area contributed by atoms with E-state index in [1.54, 1.807) is 13.8 Å². The molecule has 2 aromatic rings. The van der Waals surface area contributed by atoms with Gasteiger partial charge in [0.2, 0.25) is 23.6 Å². The number of hydrogen-bond acceptors (Lipinski definition) is 10. The van der Waals surface area contributed by atoms with E-state index in [-0.39, 0.29) is 25.2 Å². The first-order valence-electron chi connectivity index (χ1n) is 7.16. The van der Waals surface area contributed by atoms with Crippen LogP contribution < -0.4 is 0 Å². The zero-order valence-corrected chi connectivity index (χ0v) is 13.9. The highest BCUT2D eigenvalue weighted by molar-refractivity contribution is 6.00. The lowest BCUT2D eigenvalue weighted by molar-refractivity contribution is -0.170. The van der Waals surface area contributed by atoms with Gasteiger partial charge in [-0.15, -0.1) is 20.4 Å². The summed E-state index contributed by atoms with van der Waals surface area (Å²) in [5.74, 6) is -0.389. The maximum Gasteiger partial charge on any atom is 0.323 e. The molecule has 0 aromatic carbocycles. The van der Waals surface area contributed by atoms with Crippen LogP contribution in [0.15, 0.2) is 8.83 Å². The van der Waals surface area contributed by atoms with Gasteiger partial charge in [-0.3, -0.25) is 9.59 Å². The lowest BCUT2D eigenvalue weighted by Crippen LogP contribution is -2.43. The lowest BCUT2D eigenvalue weighted by Gasteiger charge is -2.26. The normalized spacial score (nSPS) is 11.3. The first kappa shape index (κ1) is 17.6. The van der Waals surface area contributed by atoms with Crippen molar-refractivity contribution < 1.29 is 27.9 Å². The molecular formula is C14H18N4O6. The number of methoxy groups -OCH3 is 2. The maximum absolute atomic E-state index is 12.4. The predicted octanol–water partition coefficient (Wildman–Crippen LogP) is 0.577. The number of nitrogens with zero attached hydrogens (tertiary/aromatic N) is 4. The molecular weight excluding hydrogens is 320 g/mol. The standard InChI is InChI=1S/C14H18N4O6/c1-8-15-17-10(23-8)5-6-14(12(19)21-3,13(20)22-4)7-11-18-16-9(2)24-11/h5-7H2,1-4H3. The van der Waals surface area contributed by atoms with Gasteiger partial charge < -0.3 is 18.3 Å². The minimum Gasteiger partial charge on any atom is -0.468 e. The van der Waals surface area contributed by atoms with Crippen molar-refractivity contribution in [2.45, 2.75) is 33.1 Å². The van der Waals surface area contributed by atoms with E-state index in [1.165, 1.54) is 14.2 Å². The predicted molar refractivity (Wildman–Crippen MR) is 76.6 cm³/mol. The number of esters is 2. The van der Waals surface area contributed by atoms with Crippen LogP contribution in [-0.4, -0.2) is 46.6 Å². The van der Waals surface area contributed by atoms with Crippen LogP contribution in [-0.2, 0) is 31.9 Å². The molecule has 2 rings (SSSR count). The molecule has 0 amide bonds. The zero-order chi connectivity index (χ0) is 17.7. The summed E-state index contributed by atoms with van der Waals surface area (Å²) < 4.78 is 20.2. The van der Waals surface area contributed by atoms with Crippen LogP contribution in [0.3, 0.4) is 0 Å². The van der Waals surface area contributed by atoms with Crippen molar-refractivity contribution in [1.82, 2.24) is 20.4 Å². The molecule has 24 heavy (non-hydrogen) atoms. The highest BCUT2D eigenvalue weighted by Gasteiger charge is 2.49. The van der Waals surface area contributed by atoms with Gasteiger partial charge in [-0.05, 0) is 6.42 Å². The fourth-order valence-corrected chi connectivity index (χ4v) is 2.34. The monoisotopic (exact) mass is 338 g/mol. The Labute approximate surface area is 137 Å². The first-order valence-corrected chi connectivity index (χ1v) is 7.16. The smallest absolute Gasteiger partial charge is 0.323 e. The number of ether oxygens (including phenoxy) is 2. The van der Waals surface area contributed by atoms with Gasteiger partial charge in [0.25, 0.3) is 0 Å². The van der Waals surface area contributed by atoms with Gasteiger partial charge in [-0.1, -0.05) is 0 Å². The Morgan fingerprint density at radius 2 is 1.42 bits per heavy atom. The molecule has 0 atom stereocenters. The molecule has 0 saturated carbocycles. The van der Waals surface area contributed by atoms with Gasteiger partial charge in [0.15, 0.2) is 5.41 Å². The molecule has 0 aliphatic heterocycles. The van der Waals surface area contributed by atoms with E-state index in [9.17, 15) is 9.59 Å². The Hall–Kier alpha value is -2.78. The first-order chi connectivity index (χ1) is 11.4. The highest BCUT2D eigenvalue weighted by Crippen LogP contribution is 2.32. The molecule has 10 nitrogen and oxygen atoms in total. The summed E-state index contributed by atoms with van der Waals surface area (Å²) in [6, 6.07) is 0. The number of rotatable bonds is 7. The second kappa shape index (κ2) is 7.20. The second-order valence-electron chi connectivity index (χ2n) is 5.17. The van der Waals surface area contributed by atoms with Crippen molar-refractivity contribution in [3.63, 3.8) is 0 Å². The molecule has 130 valence electrons. The molecule has 0 spiro atoms. The third kappa shape index (κ3) is 3.58. The number of hydrogen-bond donors (Lipinski definition) is 0. The molecule has 10 heteroatoms. The molecule has 0 saturated heterocycles. The second-order valence-corrected chi connectivity index (χ2v) is 5.17. The van der Waals surface area contributed by atoms with Gasteiger partial charge >= 0.3 is 11.9 Å². The molecule has 0 aliphatic rings. The zero-order valence-electron chi connectivity index (χ0n) is 13.9. The van der Waals surface area contributed by atoms with Gasteiger partial charge in [0, 0.05) is 20.3 Å². The van der Waals surface area contributed by atoms with Crippen LogP contribution in [0.2, 0.25) is 0 Å². The fourth-order valence-electron chi connectivity index (χ4n) is 2.34. The van der Waals surface area contributed by atoms with E-state index in [2.05, 4.69) is 20.4 Å². The number of carbonyl (C=O) groups is 2.